The molecule has 0 radical (unpaired) electrons. The molecule has 0 saturated heterocycles. The van der Waals surface area contributed by atoms with E-state index in [0.29, 0.717) is 24.5 Å². The molecule has 2 aromatic carbocycles. The first kappa shape index (κ1) is 16.6. The van der Waals surface area contributed by atoms with Crippen LogP contribution in [-0.4, -0.2) is 19.1 Å². The maximum Gasteiger partial charge on any atom is 0.287 e. The summed E-state index contributed by atoms with van der Waals surface area (Å²) in [6.45, 7) is 2.98. The SMILES string of the molecule is Cc1c(C(=O)NCCCOc2ccccc2)oc2ccc(Br)cc12. The van der Waals surface area contributed by atoms with E-state index in [4.69, 9.17) is 9.15 Å². The second kappa shape index (κ2) is 7.53. The Balaban J connectivity index is 1.53. The van der Waals surface area contributed by atoms with Gasteiger partial charge in [0.25, 0.3) is 5.91 Å². The standard InChI is InChI=1S/C19H18BrNO3/c1-13-16-12-14(20)8-9-17(16)24-18(13)19(22)21-10-5-11-23-15-6-3-2-4-7-15/h2-4,6-9,12H,5,10-11H2,1H3,(H,21,22). The average molecular weight is 388 g/mol. The van der Waals surface area contributed by atoms with Crippen molar-refractivity contribution in [3.63, 3.8) is 0 Å². The molecule has 24 heavy (non-hydrogen) atoms. The number of hydrogen-bond donors (Lipinski definition) is 1. The molecule has 1 heterocycles. The quantitative estimate of drug-likeness (QED) is 0.623. The number of benzene rings is 2. The second-order valence-electron chi connectivity index (χ2n) is 5.47. The molecule has 0 unspecified atom stereocenters. The van der Waals surface area contributed by atoms with E-state index in [1.165, 1.54) is 0 Å². The summed E-state index contributed by atoms with van der Waals surface area (Å²) in [4.78, 5) is 12.3. The third kappa shape index (κ3) is 3.79. The number of aryl methyl sites for hydroxylation is 1. The van der Waals surface area contributed by atoms with Crippen LogP contribution in [0.1, 0.15) is 22.5 Å². The number of carbonyl (C=O) groups is 1. The minimum Gasteiger partial charge on any atom is -0.494 e. The molecule has 3 aromatic rings. The number of nitrogens with one attached hydrogen (secondary N) is 1. The Hall–Kier alpha value is -2.27. The van der Waals surface area contributed by atoms with E-state index in [-0.39, 0.29) is 5.91 Å². The molecule has 0 spiro atoms. The van der Waals surface area contributed by atoms with E-state index in [0.717, 1.165) is 27.6 Å². The number of rotatable bonds is 6. The van der Waals surface area contributed by atoms with Crippen molar-refractivity contribution in [2.24, 2.45) is 0 Å². The Morgan fingerprint density at radius 3 is 2.79 bits per heavy atom. The van der Waals surface area contributed by atoms with Crippen LogP contribution in [0.15, 0.2) is 57.4 Å². The summed E-state index contributed by atoms with van der Waals surface area (Å²) in [5, 5.41) is 3.82. The third-order valence-corrected chi connectivity index (χ3v) is 4.22. The zero-order valence-corrected chi connectivity index (χ0v) is 14.9. The van der Waals surface area contributed by atoms with E-state index in [1.54, 1.807) is 0 Å². The number of halogens is 1. The lowest BCUT2D eigenvalue weighted by atomic mass is 10.1. The summed E-state index contributed by atoms with van der Waals surface area (Å²) in [7, 11) is 0. The summed E-state index contributed by atoms with van der Waals surface area (Å²) in [5.41, 5.74) is 1.57. The molecule has 0 atom stereocenters. The van der Waals surface area contributed by atoms with E-state index >= 15 is 0 Å². The van der Waals surface area contributed by atoms with Crippen LogP contribution in [0.25, 0.3) is 11.0 Å². The zero-order valence-electron chi connectivity index (χ0n) is 13.3. The normalized spacial score (nSPS) is 10.8. The Morgan fingerprint density at radius 2 is 2.00 bits per heavy atom. The van der Waals surface area contributed by atoms with Crippen molar-refractivity contribution in [3.05, 3.63) is 64.3 Å². The number of fused-ring (bicyclic) bond motifs is 1. The van der Waals surface area contributed by atoms with Crippen molar-refractivity contribution in [1.82, 2.24) is 5.32 Å². The van der Waals surface area contributed by atoms with Crippen molar-refractivity contribution in [2.45, 2.75) is 13.3 Å². The van der Waals surface area contributed by atoms with E-state index < -0.39 is 0 Å². The highest BCUT2D eigenvalue weighted by atomic mass is 79.9. The molecular weight excluding hydrogens is 370 g/mol. The van der Waals surface area contributed by atoms with Gasteiger partial charge in [-0.25, -0.2) is 0 Å². The fourth-order valence-corrected chi connectivity index (χ4v) is 2.83. The molecule has 0 aliphatic rings. The van der Waals surface area contributed by atoms with Crippen molar-refractivity contribution < 1.29 is 13.9 Å². The van der Waals surface area contributed by atoms with Crippen LogP contribution in [0.3, 0.4) is 0 Å². The Kier molecular flexibility index (Phi) is 5.20. The highest BCUT2D eigenvalue weighted by Gasteiger charge is 2.17. The highest BCUT2D eigenvalue weighted by molar-refractivity contribution is 9.10. The molecular formula is C19H18BrNO3. The third-order valence-electron chi connectivity index (χ3n) is 3.72. The Morgan fingerprint density at radius 1 is 1.21 bits per heavy atom. The molecule has 1 aromatic heterocycles. The van der Waals surface area contributed by atoms with Gasteiger partial charge in [0, 0.05) is 22.0 Å². The lowest BCUT2D eigenvalue weighted by molar-refractivity contribution is 0.0925. The topological polar surface area (TPSA) is 51.5 Å². The van der Waals surface area contributed by atoms with Crippen LogP contribution in [0.5, 0.6) is 5.75 Å². The lowest BCUT2D eigenvalue weighted by Crippen LogP contribution is -2.25. The number of hydrogen-bond acceptors (Lipinski definition) is 3. The Labute approximate surface area is 148 Å². The van der Waals surface area contributed by atoms with Crippen molar-refractivity contribution in [1.29, 1.82) is 0 Å². The first-order chi connectivity index (χ1) is 11.6. The Bertz CT molecular complexity index is 842. The number of para-hydroxylation sites is 1. The molecule has 0 bridgehead atoms. The molecule has 0 fully saturated rings. The number of carbonyl (C=O) groups excluding carboxylic acids is 1. The summed E-state index contributed by atoms with van der Waals surface area (Å²) >= 11 is 3.44. The molecule has 1 N–H and O–H groups in total. The summed E-state index contributed by atoms with van der Waals surface area (Å²) < 4.78 is 12.2. The predicted molar refractivity (Wildman–Crippen MR) is 97.5 cm³/mol. The lowest BCUT2D eigenvalue weighted by Gasteiger charge is -2.06. The van der Waals surface area contributed by atoms with Crippen molar-refractivity contribution in [3.8, 4) is 5.75 Å². The molecule has 1 amide bonds. The van der Waals surface area contributed by atoms with Crippen molar-refractivity contribution >= 4 is 32.8 Å². The summed E-state index contributed by atoms with van der Waals surface area (Å²) in [6.07, 6.45) is 0.728. The van der Waals surface area contributed by atoms with E-state index in [9.17, 15) is 4.79 Å². The molecule has 5 heteroatoms. The number of ether oxygens (including phenoxy) is 1. The van der Waals surface area contributed by atoms with Gasteiger partial charge < -0.3 is 14.5 Å². The fourth-order valence-electron chi connectivity index (χ4n) is 2.47. The molecule has 0 saturated carbocycles. The van der Waals surface area contributed by atoms with Gasteiger partial charge >= 0.3 is 0 Å². The fraction of sp³-hybridized carbons (Fsp3) is 0.211. The van der Waals surface area contributed by atoms with Gasteiger partial charge in [0.2, 0.25) is 0 Å². The monoisotopic (exact) mass is 387 g/mol. The minimum atomic E-state index is -0.195. The number of furan rings is 1. The van der Waals surface area contributed by atoms with Gasteiger partial charge in [0.15, 0.2) is 5.76 Å². The smallest absolute Gasteiger partial charge is 0.287 e. The molecule has 0 aliphatic carbocycles. The molecule has 4 nitrogen and oxygen atoms in total. The molecule has 124 valence electrons. The van der Waals surface area contributed by atoms with Gasteiger partial charge in [-0.3, -0.25) is 4.79 Å². The van der Waals surface area contributed by atoms with E-state index in [1.807, 2.05) is 55.5 Å². The van der Waals surface area contributed by atoms with Crippen LogP contribution in [0.2, 0.25) is 0 Å². The van der Waals surface area contributed by atoms with Crippen LogP contribution in [-0.2, 0) is 0 Å². The first-order valence-corrected chi connectivity index (χ1v) is 8.59. The zero-order chi connectivity index (χ0) is 16.9. The first-order valence-electron chi connectivity index (χ1n) is 7.80. The van der Waals surface area contributed by atoms with Crippen LogP contribution in [0, 0.1) is 6.92 Å². The van der Waals surface area contributed by atoms with Crippen LogP contribution in [0.4, 0.5) is 0 Å². The molecule has 3 rings (SSSR count). The predicted octanol–water partition coefficient (Wildman–Crippen LogP) is 4.70. The molecule has 0 aliphatic heterocycles. The van der Waals surface area contributed by atoms with Crippen LogP contribution < -0.4 is 10.1 Å². The summed E-state index contributed by atoms with van der Waals surface area (Å²) in [5.74, 6) is 1.01. The minimum absolute atomic E-state index is 0.195. The second-order valence-corrected chi connectivity index (χ2v) is 6.38. The summed E-state index contributed by atoms with van der Waals surface area (Å²) in [6, 6.07) is 15.3. The highest BCUT2D eigenvalue weighted by Crippen LogP contribution is 2.27. The maximum absolute atomic E-state index is 12.3. The van der Waals surface area contributed by atoms with Gasteiger partial charge in [0.05, 0.1) is 6.61 Å². The van der Waals surface area contributed by atoms with Gasteiger partial charge in [-0.2, -0.15) is 0 Å². The van der Waals surface area contributed by atoms with Crippen molar-refractivity contribution in [2.75, 3.05) is 13.2 Å². The maximum atomic E-state index is 12.3. The van der Waals surface area contributed by atoms with Gasteiger partial charge in [0.1, 0.15) is 11.3 Å². The van der Waals surface area contributed by atoms with Gasteiger partial charge in [-0.15, -0.1) is 0 Å². The van der Waals surface area contributed by atoms with Gasteiger partial charge in [-0.05, 0) is 43.7 Å². The average Bonchev–Trinajstić information content (AvgIpc) is 2.92. The van der Waals surface area contributed by atoms with Crippen LogP contribution >= 0.6 is 15.9 Å². The largest absolute Gasteiger partial charge is 0.494 e. The number of amides is 1. The van der Waals surface area contributed by atoms with E-state index in [2.05, 4.69) is 21.2 Å². The van der Waals surface area contributed by atoms with Gasteiger partial charge in [-0.1, -0.05) is 34.1 Å².